The lowest BCUT2D eigenvalue weighted by atomic mass is 9.84. The molecular formula is C26H37F6N6O6+. The molecule has 18 heteroatoms. The first kappa shape index (κ1) is 34.1. The van der Waals surface area contributed by atoms with Gasteiger partial charge in [0.15, 0.2) is 6.29 Å². The number of carbonyl (C=O) groups is 2. The van der Waals surface area contributed by atoms with Crippen LogP contribution in [-0.2, 0) is 24.5 Å². The van der Waals surface area contributed by atoms with E-state index in [9.17, 15) is 35.9 Å². The normalized spacial score (nSPS) is 26.8. The van der Waals surface area contributed by atoms with Gasteiger partial charge in [0.05, 0.1) is 26.0 Å². The summed E-state index contributed by atoms with van der Waals surface area (Å²) in [6.45, 7) is 5.17. The topological polar surface area (TPSA) is 128 Å². The lowest BCUT2D eigenvalue weighted by Crippen LogP contribution is -2.66. The minimum Gasteiger partial charge on any atom is -0.494 e. The maximum absolute atomic E-state index is 14.0. The van der Waals surface area contributed by atoms with Crippen LogP contribution >= 0.6 is 0 Å². The van der Waals surface area contributed by atoms with Gasteiger partial charge < -0.3 is 19.1 Å². The molecule has 0 radical (unpaired) electrons. The van der Waals surface area contributed by atoms with Gasteiger partial charge in [-0.1, -0.05) is 26.2 Å². The lowest BCUT2D eigenvalue weighted by Gasteiger charge is -2.39. The maximum Gasteiger partial charge on any atom is 0.497 e. The Morgan fingerprint density at radius 2 is 1.75 bits per heavy atom. The second-order valence-electron chi connectivity index (χ2n) is 11.8. The van der Waals surface area contributed by atoms with Gasteiger partial charge in [-0.15, -0.1) is 5.01 Å². The van der Waals surface area contributed by atoms with Gasteiger partial charge in [-0.05, 0) is 28.7 Å². The zero-order chi connectivity index (χ0) is 32.7. The van der Waals surface area contributed by atoms with E-state index in [1.807, 2.05) is 25.7 Å². The Kier molecular flexibility index (Phi) is 9.75. The second kappa shape index (κ2) is 12.6. The van der Waals surface area contributed by atoms with Crippen LogP contribution in [0.2, 0.25) is 0 Å². The fourth-order valence-electron chi connectivity index (χ4n) is 5.48. The van der Waals surface area contributed by atoms with Crippen molar-refractivity contribution in [3.8, 4) is 5.75 Å². The molecule has 3 aliphatic heterocycles. The quantitative estimate of drug-likeness (QED) is 0.220. The number of quaternary nitrogens is 1. The van der Waals surface area contributed by atoms with Crippen LogP contribution in [0.1, 0.15) is 49.5 Å². The van der Waals surface area contributed by atoms with Crippen LogP contribution in [-0.4, -0.2) is 99.1 Å². The summed E-state index contributed by atoms with van der Waals surface area (Å²) in [5, 5.41) is 1.09. The zero-order valence-electron chi connectivity index (χ0n) is 24.7. The number of fused-ring (bicyclic) bond motifs is 1. The number of hydrazine groups is 1. The molecule has 3 fully saturated rings. The molecule has 3 aliphatic rings. The molecule has 0 aliphatic carbocycles. The van der Waals surface area contributed by atoms with Crippen LogP contribution in [0, 0.1) is 0 Å². The van der Waals surface area contributed by atoms with Gasteiger partial charge in [0.1, 0.15) is 18.6 Å². The Balaban J connectivity index is 1.70. The van der Waals surface area contributed by atoms with Crippen molar-refractivity contribution in [2.45, 2.75) is 70.1 Å². The molecule has 1 aromatic rings. The first-order valence-electron chi connectivity index (χ1n) is 13.9. The molecule has 0 aromatic heterocycles. The molecule has 3 heterocycles. The second-order valence-corrected chi connectivity index (χ2v) is 11.8. The molecule has 0 saturated carbocycles. The van der Waals surface area contributed by atoms with Crippen LogP contribution in [0.15, 0.2) is 12.1 Å². The molecule has 4 N–H and O–H groups in total. The first-order valence-corrected chi connectivity index (χ1v) is 13.9. The van der Waals surface area contributed by atoms with Crippen molar-refractivity contribution < 1.29 is 59.7 Å². The molecule has 248 valence electrons. The highest BCUT2D eigenvalue weighted by atomic mass is 19.4. The highest BCUT2D eigenvalue weighted by Gasteiger charge is 2.61. The SMILES string of the molecule is COc1c(N2CCOCC2)cc(C(=O)C[N+]2(OC(=O)C(F)(F)F)NC(N)N3NC(OCC(F)(F)F)CCC32)cc1C(C)(C)C. The number of morpholine rings is 1. The monoisotopic (exact) mass is 643 g/mol. The summed E-state index contributed by atoms with van der Waals surface area (Å²) < 4.78 is 93.1. The van der Waals surface area contributed by atoms with Crippen molar-refractivity contribution in [1.29, 1.82) is 0 Å². The number of hydrogen-bond donors (Lipinski definition) is 3. The fraction of sp³-hybridized carbons (Fsp3) is 0.692. The van der Waals surface area contributed by atoms with Gasteiger partial charge in [0, 0.05) is 30.6 Å². The van der Waals surface area contributed by atoms with Crippen LogP contribution in [0.25, 0.3) is 0 Å². The number of carbonyl (C=O) groups excluding carboxylic acids is 2. The Morgan fingerprint density at radius 1 is 1.09 bits per heavy atom. The molecule has 4 rings (SSSR count). The van der Waals surface area contributed by atoms with E-state index in [0.717, 1.165) is 5.01 Å². The number of nitrogens with one attached hydrogen (secondary N) is 2. The van der Waals surface area contributed by atoms with E-state index < -0.39 is 66.1 Å². The molecule has 3 saturated heterocycles. The van der Waals surface area contributed by atoms with E-state index in [0.29, 0.717) is 43.3 Å². The molecule has 0 amide bonds. The molecule has 0 bridgehead atoms. The van der Waals surface area contributed by atoms with Crippen LogP contribution in [0.3, 0.4) is 0 Å². The predicted molar refractivity (Wildman–Crippen MR) is 141 cm³/mol. The van der Waals surface area contributed by atoms with E-state index in [1.165, 1.54) is 7.11 Å². The van der Waals surface area contributed by atoms with Crippen molar-refractivity contribution in [2.75, 3.05) is 51.5 Å². The molecule has 1 aromatic carbocycles. The number of anilines is 1. The number of benzene rings is 1. The van der Waals surface area contributed by atoms with Crippen molar-refractivity contribution >= 4 is 17.4 Å². The molecule has 0 spiro atoms. The number of rotatable bonds is 8. The minimum absolute atomic E-state index is 0.113. The third-order valence-corrected chi connectivity index (χ3v) is 7.49. The number of hydroxylamine groups is 2. The fourth-order valence-corrected chi connectivity index (χ4v) is 5.48. The van der Waals surface area contributed by atoms with Gasteiger partial charge in [0.25, 0.3) is 0 Å². The van der Waals surface area contributed by atoms with Gasteiger partial charge in [0.2, 0.25) is 18.5 Å². The smallest absolute Gasteiger partial charge is 0.494 e. The molecule has 12 nitrogen and oxygen atoms in total. The Labute approximate surface area is 249 Å². The van der Waals surface area contributed by atoms with Gasteiger partial charge in [-0.2, -0.15) is 26.3 Å². The number of methoxy groups -OCH3 is 1. The number of ether oxygens (including phenoxy) is 3. The van der Waals surface area contributed by atoms with E-state index in [2.05, 4.69) is 10.9 Å². The summed E-state index contributed by atoms with van der Waals surface area (Å²) in [5.41, 5.74) is 12.1. The standard InChI is InChI=1S/C26H37F6N6O6/c1-24(2,3)16-11-15(12-17(21(16)41-4)36-7-9-42-10-8-36)18(39)13-38(44-22(40)26(30,31)32)20-6-5-19(43-14-25(27,28)29)34-37(20)23(33)35-38/h11-12,19-20,23,34-35H,5-10,13-14,33H2,1-4H3/q+1. The highest BCUT2D eigenvalue weighted by molar-refractivity contribution is 5.99. The highest BCUT2D eigenvalue weighted by Crippen LogP contribution is 2.41. The number of ketones is 1. The van der Waals surface area contributed by atoms with Crippen LogP contribution < -0.4 is 26.2 Å². The predicted octanol–water partition coefficient (Wildman–Crippen LogP) is 2.44. The third-order valence-electron chi connectivity index (χ3n) is 7.49. The van der Waals surface area contributed by atoms with Gasteiger partial charge in [-0.3, -0.25) is 10.5 Å². The Bertz CT molecular complexity index is 1220. The summed E-state index contributed by atoms with van der Waals surface area (Å²) in [5.74, 6) is -2.75. The molecule has 4 unspecified atom stereocenters. The average Bonchev–Trinajstić information content (AvgIpc) is 3.20. The number of halogens is 6. The van der Waals surface area contributed by atoms with E-state index >= 15 is 0 Å². The summed E-state index contributed by atoms with van der Waals surface area (Å²) in [6.07, 6.45) is -14.1. The lowest BCUT2D eigenvalue weighted by molar-refractivity contribution is -1.13. The largest absolute Gasteiger partial charge is 0.497 e. The Hall–Kier alpha value is -2.74. The summed E-state index contributed by atoms with van der Waals surface area (Å²) in [7, 11) is 1.50. The van der Waals surface area contributed by atoms with Crippen LogP contribution in [0.5, 0.6) is 5.75 Å². The van der Waals surface area contributed by atoms with Gasteiger partial charge in [-0.25, -0.2) is 15.1 Å². The summed E-state index contributed by atoms with van der Waals surface area (Å²) in [4.78, 5) is 33.0. The minimum atomic E-state index is -5.42. The van der Waals surface area contributed by atoms with Crippen molar-refractivity contribution in [3.05, 3.63) is 23.3 Å². The first-order chi connectivity index (χ1) is 20.3. The molecule has 4 atom stereocenters. The van der Waals surface area contributed by atoms with Crippen LogP contribution in [0.4, 0.5) is 32.0 Å². The number of nitrogens with zero attached hydrogens (tertiary/aromatic N) is 3. The number of nitrogens with two attached hydrogens (primary N) is 1. The van der Waals surface area contributed by atoms with E-state index in [-0.39, 0.29) is 18.4 Å². The van der Waals surface area contributed by atoms with Gasteiger partial charge >= 0.3 is 18.3 Å². The third kappa shape index (κ3) is 7.55. The summed E-state index contributed by atoms with van der Waals surface area (Å²) >= 11 is 0. The Morgan fingerprint density at radius 3 is 2.32 bits per heavy atom. The molecular weight excluding hydrogens is 606 g/mol. The average molecular weight is 644 g/mol. The summed E-state index contributed by atoms with van der Waals surface area (Å²) in [6, 6.07) is 3.15. The number of hydrogen-bond acceptors (Lipinski definition) is 11. The van der Waals surface area contributed by atoms with E-state index in [4.69, 9.17) is 24.8 Å². The zero-order valence-corrected chi connectivity index (χ0v) is 24.7. The maximum atomic E-state index is 14.0. The van der Waals surface area contributed by atoms with Crippen molar-refractivity contribution in [1.82, 2.24) is 15.9 Å². The number of alkyl halides is 6. The number of Topliss-reactive ketones (excluding diaryl/α,β-unsaturated/α-hetero) is 1. The van der Waals surface area contributed by atoms with E-state index in [1.54, 1.807) is 12.1 Å². The van der Waals surface area contributed by atoms with Crippen molar-refractivity contribution in [3.63, 3.8) is 0 Å². The molecule has 44 heavy (non-hydrogen) atoms. The van der Waals surface area contributed by atoms with Crippen molar-refractivity contribution in [2.24, 2.45) is 5.73 Å².